The Balaban J connectivity index is 2.28. The molecule has 0 amide bonds. The number of esters is 1. The van der Waals surface area contributed by atoms with E-state index in [2.05, 4.69) is 6.58 Å². The Morgan fingerprint density at radius 2 is 1.55 bits per heavy atom. The molecule has 0 spiro atoms. The quantitative estimate of drug-likeness (QED) is 0.492. The van der Waals surface area contributed by atoms with Crippen molar-refractivity contribution in [3.63, 3.8) is 0 Å². The molecule has 2 atom stereocenters. The first-order valence-electron chi connectivity index (χ1n) is 9.70. The number of Topliss-reactive ketones (excluding diaryl/α,β-unsaturated/α-hetero) is 1. The van der Waals surface area contributed by atoms with Gasteiger partial charge in [0.15, 0.2) is 17.3 Å². The van der Waals surface area contributed by atoms with Crippen LogP contribution in [-0.4, -0.2) is 46.8 Å². The maximum absolute atomic E-state index is 13.2. The number of hydrogen-bond donors (Lipinski definition) is 0. The number of hydrogen-bond acceptors (Lipinski definition) is 7. The molecule has 0 bridgehead atoms. The van der Waals surface area contributed by atoms with Gasteiger partial charge in [0.25, 0.3) is 0 Å². The molecule has 0 saturated carbocycles. The monoisotopic (exact) mass is 426 g/mol. The second-order valence-corrected chi connectivity index (χ2v) is 7.14. The molecular formula is C24H26O7. The molecule has 1 aliphatic carbocycles. The van der Waals surface area contributed by atoms with E-state index in [1.54, 1.807) is 32.4 Å². The number of methoxy groups -OCH3 is 4. The van der Waals surface area contributed by atoms with Crippen molar-refractivity contribution in [3.05, 3.63) is 59.2 Å². The van der Waals surface area contributed by atoms with Crippen molar-refractivity contribution in [2.75, 3.05) is 35.0 Å². The van der Waals surface area contributed by atoms with Gasteiger partial charge in [0, 0.05) is 41.5 Å². The molecule has 0 heterocycles. The zero-order chi connectivity index (χ0) is 22.7. The average molecular weight is 426 g/mol. The Morgan fingerprint density at radius 1 is 0.903 bits per heavy atom. The van der Waals surface area contributed by atoms with E-state index in [1.807, 2.05) is 12.1 Å². The molecular weight excluding hydrogens is 400 g/mol. The van der Waals surface area contributed by atoms with E-state index < -0.39 is 11.9 Å². The van der Waals surface area contributed by atoms with Crippen molar-refractivity contribution >= 4 is 11.8 Å². The van der Waals surface area contributed by atoms with Gasteiger partial charge in [-0.2, -0.15) is 0 Å². The smallest absolute Gasteiger partial charge is 0.302 e. The summed E-state index contributed by atoms with van der Waals surface area (Å²) in [6.45, 7) is 5.38. The number of rotatable bonds is 7. The van der Waals surface area contributed by atoms with Crippen LogP contribution in [-0.2, 0) is 9.53 Å². The fourth-order valence-electron chi connectivity index (χ4n) is 3.97. The lowest BCUT2D eigenvalue weighted by molar-refractivity contribution is -0.142. The highest BCUT2D eigenvalue weighted by molar-refractivity contribution is 6.11. The molecule has 0 N–H and O–H groups in total. The molecule has 0 fully saturated rings. The molecule has 7 nitrogen and oxygen atoms in total. The lowest BCUT2D eigenvalue weighted by atomic mass is 9.69. The predicted molar refractivity (Wildman–Crippen MR) is 115 cm³/mol. The maximum Gasteiger partial charge on any atom is 0.302 e. The summed E-state index contributed by atoms with van der Waals surface area (Å²) < 4.78 is 27.1. The summed E-state index contributed by atoms with van der Waals surface area (Å²) in [7, 11) is 6.19. The van der Waals surface area contributed by atoms with Crippen LogP contribution in [0.25, 0.3) is 0 Å². The third kappa shape index (κ3) is 4.08. The highest BCUT2D eigenvalue weighted by atomic mass is 16.5. The third-order valence-electron chi connectivity index (χ3n) is 5.52. The lowest BCUT2D eigenvalue weighted by Gasteiger charge is -2.35. The van der Waals surface area contributed by atoms with E-state index in [9.17, 15) is 9.59 Å². The maximum atomic E-state index is 13.2. The van der Waals surface area contributed by atoms with E-state index in [1.165, 1.54) is 21.1 Å². The van der Waals surface area contributed by atoms with Crippen LogP contribution >= 0.6 is 0 Å². The predicted octanol–water partition coefficient (Wildman–Crippen LogP) is 3.78. The summed E-state index contributed by atoms with van der Waals surface area (Å²) in [5, 5.41) is 0. The second-order valence-electron chi connectivity index (χ2n) is 7.14. The Morgan fingerprint density at radius 3 is 2.13 bits per heavy atom. The van der Waals surface area contributed by atoms with Crippen LogP contribution in [0.4, 0.5) is 0 Å². The van der Waals surface area contributed by atoms with Crippen LogP contribution in [0.3, 0.4) is 0 Å². The summed E-state index contributed by atoms with van der Waals surface area (Å²) in [4.78, 5) is 24.7. The number of ether oxygens (including phenoxy) is 5. The zero-order valence-corrected chi connectivity index (χ0v) is 18.3. The summed E-state index contributed by atoms with van der Waals surface area (Å²) in [5.74, 6) is 0.641. The van der Waals surface area contributed by atoms with Crippen LogP contribution in [0.1, 0.15) is 34.3 Å². The average Bonchev–Trinajstić information content (AvgIpc) is 2.79. The Hall–Kier alpha value is -3.48. The van der Waals surface area contributed by atoms with E-state index in [4.69, 9.17) is 23.7 Å². The fraction of sp³-hybridized carbons (Fsp3) is 0.333. The molecule has 2 aromatic carbocycles. The molecule has 3 rings (SSSR count). The normalized spacial score (nSPS) is 17.6. The summed E-state index contributed by atoms with van der Waals surface area (Å²) in [6.07, 6.45) is 0. The molecule has 0 saturated heterocycles. The zero-order valence-electron chi connectivity index (χ0n) is 18.3. The second kappa shape index (κ2) is 9.12. The van der Waals surface area contributed by atoms with Gasteiger partial charge in [0.1, 0.15) is 11.5 Å². The van der Waals surface area contributed by atoms with Gasteiger partial charge in [0.2, 0.25) is 0 Å². The van der Waals surface area contributed by atoms with Gasteiger partial charge in [-0.15, -0.1) is 0 Å². The van der Waals surface area contributed by atoms with Crippen molar-refractivity contribution in [2.24, 2.45) is 5.92 Å². The Bertz CT molecular complexity index is 1020. The molecule has 31 heavy (non-hydrogen) atoms. The van der Waals surface area contributed by atoms with Crippen LogP contribution in [0.2, 0.25) is 0 Å². The van der Waals surface area contributed by atoms with Crippen LogP contribution < -0.4 is 18.9 Å². The van der Waals surface area contributed by atoms with E-state index in [0.717, 1.165) is 11.1 Å². The number of ketones is 1. The number of benzene rings is 2. The lowest BCUT2D eigenvalue weighted by Crippen LogP contribution is -2.32. The van der Waals surface area contributed by atoms with Gasteiger partial charge in [0.05, 0.1) is 35.0 Å². The molecule has 0 aliphatic heterocycles. The third-order valence-corrected chi connectivity index (χ3v) is 5.52. The summed E-state index contributed by atoms with van der Waals surface area (Å²) in [5.41, 5.74) is 2.34. The highest BCUT2D eigenvalue weighted by Gasteiger charge is 2.41. The van der Waals surface area contributed by atoms with E-state index >= 15 is 0 Å². The standard InChI is InChI=1S/C24H26O7/c1-13-19(12-31-14(2)25)23(16-8-7-15(27-3)9-20(16)28-4)17-10-21(29-5)22(30-6)11-18(17)24(13)26/h7-11,19,23H,1,12H2,2-6H3/t19-,23-/m1/s1. The van der Waals surface area contributed by atoms with Gasteiger partial charge in [-0.1, -0.05) is 12.6 Å². The van der Waals surface area contributed by atoms with Gasteiger partial charge in [-0.3, -0.25) is 9.59 Å². The minimum Gasteiger partial charge on any atom is -0.497 e. The Kier molecular flexibility index (Phi) is 6.53. The van der Waals surface area contributed by atoms with Crippen LogP contribution in [0, 0.1) is 5.92 Å². The van der Waals surface area contributed by atoms with Gasteiger partial charge in [-0.25, -0.2) is 0 Å². The molecule has 1 aliphatic rings. The highest BCUT2D eigenvalue weighted by Crippen LogP contribution is 2.49. The van der Waals surface area contributed by atoms with Crippen LogP contribution in [0.5, 0.6) is 23.0 Å². The van der Waals surface area contributed by atoms with Crippen LogP contribution in [0.15, 0.2) is 42.5 Å². The topological polar surface area (TPSA) is 80.3 Å². The largest absolute Gasteiger partial charge is 0.497 e. The van der Waals surface area contributed by atoms with Crippen molar-refractivity contribution in [1.82, 2.24) is 0 Å². The van der Waals surface area contributed by atoms with Crippen molar-refractivity contribution < 1.29 is 33.3 Å². The van der Waals surface area contributed by atoms with E-state index in [-0.39, 0.29) is 18.3 Å². The molecule has 0 radical (unpaired) electrons. The first-order valence-corrected chi connectivity index (χ1v) is 9.70. The fourth-order valence-corrected chi connectivity index (χ4v) is 3.97. The molecule has 7 heteroatoms. The number of carbonyl (C=O) groups is 2. The number of fused-ring (bicyclic) bond motifs is 1. The Labute approximate surface area is 181 Å². The molecule has 0 aromatic heterocycles. The van der Waals surface area contributed by atoms with Crippen molar-refractivity contribution in [2.45, 2.75) is 12.8 Å². The molecule has 164 valence electrons. The summed E-state index contributed by atoms with van der Waals surface area (Å²) >= 11 is 0. The van der Waals surface area contributed by atoms with Gasteiger partial charge < -0.3 is 23.7 Å². The summed E-state index contributed by atoms with van der Waals surface area (Å²) in [6, 6.07) is 8.92. The van der Waals surface area contributed by atoms with Gasteiger partial charge >= 0.3 is 5.97 Å². The van der Waals surface area contributed by atoms with Gasteiger partial charge in [-0.05, 0) is 23.8 Å². The molecule has 2 aromatic rings. The van der Waals surface area contributed by atoms with Crippen molar-refractivity contribution in [3.8, 4) is 23.0 Å². The first kappa shape index (κ1) is 22.2. The first-order chi connectivity index (χ1) is 14.9. The van der Waals surface area contributed by atoms with E-state index in [0.29, 0.717) is 34.1 Å². The minimum absolute atomic E-state index is 0.00748. The molecule has 0 unspecified atom stereocenters. The number of carbonyl (C=O) groups excluding carboxylic acids is 2. The minimum atomic E-state index is -0.482. The SMILES string of the molecule is C=C1C(=O)c2cc(OC)c(OC)cc2[C@@H](c2ccc(OC)cc2OC)[C@@H]1COC(C)=O. The van der Waals surface area contributed by atoms with Crippen molar-refractivity contribution in [1.29, 1.82) is 0 Å².